The Labute approximate surface area is 223 Å². The number of rotatable bonds is 8. The summed E-state index contributed by atoms with van der Waals surface area (Å²) in [6.45, 7) is 8.92. The first-order valence-corrected chi connectivity index (χ1v) is 14.3. The average Bonchev–Trinajstić information content (AvgIpc) is 3.18. The van der Waals surface area contributed by atoms with Crippen LogP contribution < -0.4 is 10.6 Å². The molecule has 2 saturated heterocycles. The average molecular weight is 521 g/mol. The van der Waals surface area contributed by atoms with Crippen LogP contribution in [0.2, 0.25) is 0 Å². The maximum atomic E-state index is 13.8. The Kier molecular flexibility index (Phi) is 11.9. The molecule has 0 radical (unpaired) electrons. The van der Waals surface area contributed by atoms with E-state index in [4.69, 9.17) is 14.5 Å². The predicted molar refractivity (Wildman–Crippen MR) is 144 cm³/mol. The van der Waals surface area contributed by atoms with E-state index in [1.165, 1.54) is 12.8 Å². The van der Waals surface area contributed by atoms with E-state index in [9.17, 15) is 14.9 Å². The first-order chi connectivity index (χ1) is 18.0. The van der Waals surface area contributed by atoms with Crippen molar-refractivity contribution in [2.24, 2.45) is 10.9 Å². The SMILES string of the molecule is CCCN1CCC(C#N)(NC(=O)C(CC2CCCCCC2)N=C(NC(=O)OCC)N2CCOCC2)CC1.[HH]. The molecule has 2 heterocycles. The van der Waals surface area contributed by atoms with Gasteiger partial charge in [0.25, 0.3) is 0 Å². The third-order valence-electron chi connectivity index (χ3n) is 7.74. The summed E-state index contributed by atoms with van der Waals surface area (Å²) in [6, 6.07) is 1.73. The number of hydrogen-bond donors (Lipinski definition) is 2. The van der Waals surface area contributed by atoms with Gasteiger partial charge in [-0.3, -0.25) is 10.1 Å². The van der Waals surface area contributed by atoms with Gasteiger partial charge in [-0.1, -0.05) is 45.4 Å². The third-order valence-corrected chi connectivity index (χ3v) is 7.74. The summed E-state index contributed by atoms with van der Waals surface area (Å²) < 4.78 is 10.6. The lowest BCUT2D eigenvalue weighted by molar-refractivity contribution is -0.124. The Balaban J connectivity index is 0.00000507. The number of carbonyl (C=O) groups excluding carboxylic acids is 2. The number of hydrogen-bond acceptors (Lipinski definition) is 7. The zero-order chi connectivity index (χ0) is 26.5. The highest BCUT2D eigenvalue weighted by Crippen LogP contribution is 2.28. The molecule has 0 aromatic heterocycles. The second-order valence-corrected chi connectivity index (χ2v) is 10.5. The molecule has 2 amide bonds. The minimum absolute atomic E-state index is 0. The van der Waals surface area contributed by atoms with Crippen LogP contribution in [-0.2, 0) is 14.3 Å². The van der Waals surface area contributed by atoms with Crippen molar-refractivity contribution in [3.63, 3.8) is 0 Å². The van der Waals surface area contributed by atoms with Crippen molar-refractivity contribution in [3.05, 3.63) is 0 Å². The van der Waals surface area contributed by atoms with Gasteiger partial charge in [-0.15, -0.1) is 0 Å². The van der Waals surface area contributed by atoms with Crippen molar-refractivity contribution < 1.29 is 20.5 Å². The lowest BCUT2D eigenvalue weighted by Crippen LogP contribution is -2.57. The van der Waals surface area contributed by atoms with E-state index in [0.29, 0.717) is 57.4 Å². The minimum Gasteiger partial charge on any atom is -0.450 e. The van der Waals surface area contributed by atoms with Crippen molar-refractivity contribution in [1.29, 1.82) is 5.26 Å². The number of piperidine rings is 1. The van der Waals surface area contributed by atoms with E-state index in [2.05, 4.69) is 28.5 Å². The number of alkyl carbamates (subject to hydrolysis) is 1. The molecule has 3 aliphatic rings. The Morgan fingerprint density at radius 3 is 2.41 bits per heavy atom. The lowest BCUT2D eigenvalue weighted by atomic mass is 9.87. The lowest BCUT2D eigenvalue weighted by Gasteiger charge is -2.38. The predicted octanol–water partition coefficient (Wildman–Crippen LogP) is 3.28. The van der Waals surface area contributed by atoms with Crippen LogP contribution in [0.5, 0.6) is 0 Å². The first kappa shape index (κ1) is 29.2. The monoisotopic (exact) mass is 520 g/mol. The summed E-state index contributed by atoms with van der Waals surface area (Å²) >= 11 is 0. The molecule has 1 atom stereocenters. The Morgan fingerprint density at radius 2 is 1.81 bits per heavy atom. The van der Waals surface area contributed by atoms with Gasteiger partial charge in [0.2, 0.25) is 11.9 Å². The third kappa shape index (κ3) is 9.15. The molecule has 2 N–H and O–H groups in total. The molecule has 2 aliphatic heterocycles. The molecule has 0 bridgehead atoms. The second kappa shape index (κ2) is 15.1. The molecular weight excluding hydrogens is 472 g/mol. The van der Waals surface area contributed by atoms with Gasteiger partial charge >= 0.3 is 6.09 Å². The molecule has 1 saturated carbocycles. The minimum atomic E-state index is -0.883. The number of aliphatic imine (C=N–C) groups is 1. The smallest absolute Gasteiger partial charge is 0.413 e. The van der Waals surface area contributed by atoms with Gasteiger partial charge in [0.05, 0.1) is 25.9 Å². The van der Waals surface area contributed by atoms with E-state index in [1.807, 2.05) is 4.90 Å². The Morgan fingerprint density at radius 1 is 1.14 bits per heavy atom. The first-order valence-electron chi connectivity index (χ1n) is 14.3. The van der Waals surface area contributed by atoms with Gasteiger partial charge in [-0.25, -0.2) is 9.79 Å². The van der Waals surface area contributed by atoms with Gasteiger partial charge in [0.15, 0.2) is 0 Å². The fourth-order valence-electron chi connectivity index (χ4n) is 5.57. The number of amides is 2. The van der Waals surface area contributed by atoms with Crippen LogP contribution in [0.1, 0.15) is 79.5 Å². The van der Waals surface area contributed by atoms with Crippen molar-refractivity contribution in [2.75, 3.05) is 52.5 Å². The fourth-order valence-corrected chi connectivity index (χ4v) is 5.57. The highest BCUT2D eigenvalue weighted by atomic mass is 16.5. The van der Waals surface area contributed by atoms with E-state index >= 15 is 0 Å². The molecule has 3 rings (SSSR count). The van der Waals surface area contributed by atoms with Crippen LogP contribution in [0.4, 0.5) is 4.79 Å². The summed E-state index contributed by atoms with van der Waals surface area (Å²) in [5.74, 6) is 0.505. The molecule has 0 aromatic carbocycles. The van der Waals surface area contributed by atoms with E-state index in [0.717, 1.165) is 51.7 Å². The normalized spacial score (nSPS) is 22.4. The molecule has 0 aromatic rings. The van der Waals surface area contributed by atoms with Crippen LogP contribution in [0.25, 0.3) is 0 Å². The fraction of sp³-hybridized carbons (Fsp3) is 0.852. The van der Waals surface area contributed by atoms with Crippen LogP contribution >= 0.6 is 0 Å². The molecule has 10 heteroatoms. The summed E-state index contributed by atoms with van der Waals surface area (Å²) in [5.41, 5.74) is -0.883. The highest BCUT2D eigenvalue weighted by molar-refractivity contribution is 5.96. The largest absolute Gasteiger partial charge is 0.450 e. The van der Waals surface area contributed by atoms with E-state index in [-0.39, 0.29) is 13.9 Å². The summed E-state index contributed by atoms with van der Waals surface area (Å²) in [4.78, 5) is 35.3. The number of likely N-dealkylation sites (tertiary alicyclic amines) is 1. The molecule has 1 unspecified atom stereocenters. The standard InChI is InChI=1S/C27H46N6O4.H2/c1-3-13-32-14-11-27(21-28,12-15-32)31-24(34)23(20-22-9-7-5-6-8-10-22)29-25(30-26(35)37-4-2)33-16-18-36-19-17-33;/h22-23H,3-20H2,1-2H3,(H,31,34)(H,29,30,35);1H. The maximum absolute atomic E-state index is 13.8. The zero-order valence-electron chi connectivity index (χ0n) is 22.8. The number of guanidine groups is 1. The Bertz CT molecular complexity index is 798. The van der Waals surface area contributed by atoms with Crippen LogP contribution in [0.3, 0.4) is 0 Å². The molecule has 3 fully saturated rings. The van der Waals surface area contributed by atoms with E-state index < -0.39 is 17.7 Å². The van der Waals surface area contributed by atoms with Crippen molar-refractivity contribution in [3.8, 4) is 6.07 Å². The number of nitriles is 1. The van der Waals surface area contributed by atoms with Gasteiger partial charge in [0, 0.05) is 27.6 Å². The number of nitrogens with one attached hydrogen (secondary N) is 2. The number of carbonyl (C=O) groups is 2. The van der Waals surface area contributed by atoms with Crippen molar-refractivity contribution in [2.45, 2.75) is 89.6 Å². The van der Waals surface area contributed by atoms with Crippen LogP contribution in [-0.4, -0.2) is 91.9 Å². The van der Waals surface area contributed by atoms with Crippen LogP contribution in [0.15, 0.2) is 4.99 Å². The molecule has 210 valence electrons. The van der Waals surface area contributed by atoms with Crippen LogP contribution in [0, 0.1) is 17.2 Å². The number of nitrogens with zero attached hydrogens (tertiary/aromatic N) is 4. The van der Waals surface area contributed by atoms with E-state index in [1.54, 1.807) is 6.92 Å². The Hall–Kier alpha value is -2.38. The topological polar surface area (TPSA) is 119 Å². The van der Waals surface area contributed by atoms with Gasteiger partial charge in [0.1, 0.15) is 11.6 Å². The quantitative estimate of drug-likeness (QED) is 0.286. The zero-order valence-corrected chi connectivity index (χ0v) is 22.8. The number of ether oxygens (including phenoxy) is 2. The van der Waals surface area contributed by atoms with Gasteiger partial charge < -0.3 is 24.6 Å². The molecule has 37 heavy (non-hydrogen) atoms. The highest BCUT2D eigenvalue weighted by Gasteiger charge is 2.38. The summed E-state index contributed by atoms with van der Waals surface area (Å²) in [6.07, 6.45) is 9.23. The molecule has 1 aliphatic carbocycles. The summed E-state index contributed by atoms with van der Waals surface area (Å²) in [7, 11) is 0. The molecular formula is C27H48N6O4. The number of morpholine rings is 1. The molecule has 0 spiro atoms. The van der Waals surface area contributed by atoms with Crippen molar-refractivity contribution in [1.82, 2.24) is 20.4 Å². The molecule has 10 nitrogen and oxygen atoms in total. The maximum Gasteiger partial charge on any atom is 0.413 e. The van der Waals surface area contributed by atoms with Gasteiger partial charge in [-0.2, -0.15) is 5.26 Å². The van der Waals surface area contributed by atoms with Crippen molar-refractivity contribution >= 4 is 18.0 Å². The van der Waals surface area contributed by atoms with Gasteiger partial charge in [-0.05, 0) is 45.1 Å². The second-order valence-electron chi connectivity index (χ2n) is 10.5. The summed E-state index contributed by atoms with van der Waals surface area (Å²) in [5, 5.41) is 16.0.